The van der Waals surface area contributed by atoms with Crippen molar-refractivity contribution in [2.24, 2.45) is 5.73 Å². The van der Waals surface area contributed by atoms with Crippen LogP contribution < -0.4 is 5.73 Å². The molecular formula is C10H8FN3O. The number of primary amides is 1. The van der Waals surface area contributed by atoms with Crippen LogP contribution >= 0.6 is 0 Å². The lowest BCUT2D eigenvalue weighted by molar-refractivity contribution is 0.100. The van der Waals surface area contributed by atoms with Crippen molar-refractivity contribution in [3.05, 3.63) is 48.0 Å². The van der Waals surface area contributed by atoms with Gasteiger partial charge in [-0.05, 0) is 12.1 Å². The largest absolute Gasteiger partial charge is 0.366 e. The first-order valence-electron chi connectivity index (χ1n) is 4.28. The van der Waals surface area contributed by atoms with Gasteiger partial charge in [0.05, 0.1) is 11.8 Å². The summed E-state index contributed by atoms with van der Waals surface area (Å²) in [5.41, 5.74) is 5.59. The summed E-state index contributed by atoms with van der Waals surface area (Å²) in [5, 5.41) is 3.84. The molecule has 4 nitrogen and oxygen atoms in total. The van der Waals surface area contributed by atoms with Crippen LogP contribution in [-0.4, -0.2) is 15.7 Å². The smallest absolute Gasteiger partial charge is 0.251 e. The average Bonchev–Trinajstić information content (AvgIpc) is 2.67. The van der Waals surface area contributed by atoms with Crippen molar-refractivity contribution in [3.8, 4) is 5.69 Å². The second-order valence-corrected chi connectivity index (χ2v) is 2.99. The minimum absolute atomic E-state index is 0.248. The van der Waals surface area contributed by atoms with Crippen LogP contribution in [0.1, 0.15) is 10.4 Å². The highest BCUT2D eigenvalue weighted by atomic mass is 19.1. The molecule has 2 rings (SSSR count). The molecule has 0 aliphatic heterocycles. The van der Waals surface area contributed by atoms with E-state index in [0.717, 1.165) is 0 Å². The van der Waals surface area contributed by atoms with Crippen LogP contribution in [0.15, 0.2) is 36.7 Å². The van der Waals surface area contributed by atoms with Crippen LogP contribution in [0.3, 0.4) is 0 Å². The van der Waals surface area contributed by atoms with Crippen LogP contribution in [0.25, 0.3) is 5.69 Å². The van der Waals surface area contributed by atoms with Crippen molar-refractivity contribution in [3.63, 3.8) is 0 Å². The van der Waals surface area contributed by atoms with Crippen LogP contribution in [0, 0.1) is 5.82 Å². The van der Waals surface area contributed by atoms with Gasteiger partial charge in [-0.15, -0.1) is 0 Å². The van der Waals surface area contributed by atoms with Gasteiger partial charge in [0.15, 0.2) is 0 Å². The number of carbonyl (C=O) groups is 1. The maximum absolute atomic E-state index is 13.3. The van der Waals surface area contributed by atoms with Crippen molar-refractivity contribution >= 4 is 5.91 Å². The Labute approximate surface area is 85.1 Å². The molecule has 0 saturated carbocycles. The van der Waals surface area contributed by atoms with Crippen molar-refractivity contribution in [1.82, 2.24) is 9.78 Å². The van der Waals surface area contributed by atoms with Gasteiger partial charge in [0.25, 0.3) is 5.91 Å². The fraction of sp³-hybridized carbons (Fsp3) is 0. The Morgan fingerprint density at radius 1 is 1.40 bits per heavy atom. The molecule has 1 aromatic carbocycles. The van der Waals surface area contributed by atoms with E-state index in [-0.39, 0.29) is 11.3 Å². The average molecular weight is 205 g/mol. The zero-order valence-corrected chi connectivity index (χ0v) is 7.72. The Kier molecular flexibility index (Phi) is 2.21. The van der Waals surface area contributed by atoms with Gasteiger partial charge >= 0.3 is 0 Å². The predicted molar refractivity (Wildman–Crippen MR) is 52.0 cm³/mol. The molecule has 0 aliphatic carbocycles. The Balaban J connectivity index is 2.46. The van der Waals surface area contributed by atoms with Crippen LogP contribution in [0.4, 0.5) is 4.39 Å². The highest BCUT2D eigenvalue weighted by Crippen LogP contribution is 2.12. The van der Waals surface area contributed by atoms with Gasteiger partial charge in [0, 0.05) is 6.20 Å². The number of amides is 1. The fourth-order valence-corrected chi connectivity index (χ4v) is 1.22. The number of halogens is 1. The molecule has 2 N–H and O–H groups in total. The van der Waals surface area contributed by atoms with E-state index in [0.29, 0.717) is 0 Å². The number of para-hydroxylation sites is 1. The number of carbonyl (C=O) groups excluding carboxylic acids is 1. The SMILES string of the molecule is NC(=O)c1cnn(-c2ccccc2F)c1. The summed E-state index contributed by atoms with van der Waals surface area (Å²) >= 11 is 0. The second-order valence-electron chi connectivity index (χ2n) is 2.99. The first-order chi connectivity index (χ1) is 7.18. The van der Waals surface area contributed by atoms with Crippen molar-refractivity contribution in [1.29, 1.82) is 0 Å². The molecule has 1 amide bonds. The lowest BCUT2D eigenvalue weighted by Crippen LogP contribution is -2.09. The van der Waals surface area contributed by atoms with E-state index in [4.69, 9.17) is 5.73 Å². The number of rotatable bonds is 2. The highest BCUT2D eigenvalue weighted by molar-refractivity contribution is 5.92. The molecule has 0 saturated heterocycles. The fourth-order valence-electron chi connectivity index (χ4n) is 1.22. The molecule has 5 heteroatoms. The van der Waals surface area contributed by atoms with E-state index in [2.05, 4.69) is 5.10 Å². The van der Waals surface area contributed by atoms with Gasteiger partial charge in [0.1, 0.15) is 11.5 Å². The van der Waals surface area contributed by atoms with E-state index in [1.807, 2.05) is 0 Å². The molecule has 0 unspecified atom stereocenters. The molecule has 0 spiro atoms. The lowest BCUT2D eigenvalue weighted by Gasteiger charge is -2.01. The summed E-state index contributed by atoms with van der Waals surface area (Å²) in [6, 6.07) is 6.15. The number of hydrogen-bond acceptors (Lipinski definition) is 2. The second kappa shape index (κ2) is 3.53. The van der Waals surface area contributed by atoms with E-state index in [1.54, 1.807) is 18.2 Å². The minimum atomic E-state index is -0.586. The monoisotopic (exact) mass is 205 g/mol. The molecule has 76 valence electrons. The predicted octanol–water partition coefficient (Wildman–Crippen LogP) is 1.11. The molecular weight excluding hydrogens is 197 g/mol. The third-order valence-corrected chi connectivity index (χ3v) is 1.97. The minimum Gasteiger partial charge on any atom is -0.366 e. The third kappa shape index (κ3) is 1.71. The maximum atomic E-state index is 13.3. The van der Waals surface area contributed by atoms with Crippen LogP contribution in [0.5, 0.6) is 0 Å². The Morgan fingerprint density at radius 2 is 2.13 bits per heavy atom. The van der Waals surface area contributed by atoms with E-state index >= 15 is 0 Å². The normalized spacial score (nSPS) is 10.2. The molecule has 0 fully saturated rings. The quantitative estimate of drug-likeness (QED) is 0.798. The van der Waals surface area contributed by atoms with Crippen molar-refractivity contribution in [2.75, 3.05) is 0 Å². The number of nitrogens with zero attached hydrogens (tertiary/aromatic N) is 2. The summed E-state index contributed by atoms with van der Waals surface area (Å²) in [4.78, 5) is 10.8. The first-order valence-corrected chi connectivity index (χ1v) is 4.28. The molecule has 0 aliphatic rings. The summed E-state index contributed by atoms with van der Waals surface area (Å²) < 4.78 is 14.6. The Morgan fingerprint density at radius 3 is 2.73 bits per heavy atom. The van der Waals surface area contributed by atoms with Gasteiger partial charge in [-0.3, -0.25) is 4.79 Å². The summed E-state index contributed by atoms with van der Waals surface area (Å²) in [6.07, 6.45) is 2.69. The number of aromatic nitrogens is 2. The zero-order chi connectivity index (χ0) is 10.8. The number of nitrogens with two attached hydrogens (primary N) is 1. The zero-order valence-electron chi connectivity index (χ0n) is 7.72. The Hall–Kier alpha value is -2.17. The summed E-state index contributed by atoms with van der Waals surface area (Å²) in [5.74, 6) is -0.991. The highest BCUT2D eigenvalue weighted by Gasteiger charge is 2.07. The first kappa shape index (κ1) is 9.39. The lowest BCUT2D eigenvalue weighted by atomic mass is 10.3. The van der Waals surface area contributed by atoms with Crippen LogP contribution in [-0.2, 0) is 0 Å². The van der Waals surface area contributed by atoms with E-state index in [1.165, 1.54) is 23.1 Å². The van der Waals surface area contributed by atoms with Gasteiger partial charge in [0.2, 0.25) is 0 Å². The number of hydrogen-bond donors (Lipinski definition) is 1. The molecule has 1 aromatic heterocycles. The van der Waals surface area contributed by atoms with Gasteiger partial charge < -0.3 is 5.73 Å². The van der Waals surface area contributed by atoms with Gasteiger partial charge in [-0.1, -0.05) is 12.1 Å². The van der Waals surface area contributed by atoms with Crippen molar-refractivity contribution in [2.45, 2.75) is 0 Å². The maximum Gasteiger partial charge on any atom is 0.251 e. The summed E-state index contributed by atoms with van der Waals surface area (Å²) in [7, 11) is 0. The molecule has 2 aromatic rings. The molecule has 15 heavy (non-hydrogen) atoms. The summed E-state index contributed by atoms with van der Waals surface area (Å²) in [6.45, 7) is 0. The van der Waals surface area contributed by atoms with Gasteiger partial charge in [-0.2, -0.15) is 5.10 Å². The standard InChI is InChI=1S/C10H8FN3O/c11-8-3-1-2-4-9(8)14-6-7(5-13-14)10(12)15/h1-6H,(H2,12,15). The molecule has 0 atom stereocenters. The van der Waals surface area contributed by atoms with E-state index < -0.39 is 11.7 Å². The molecule has 0 bridgehead atoms. The van der Waals surface area contributed by atoms with E-state index in [9.17, 15) is 9.18 Å². The van der Waals surface area contributed by atoms with Gasteiger partial charge in [-0.25, -0.2) is 9.07 Å². The van der Waals surface area contributed by atoms with Crippen LogP contribution in [0.2, 0.25) is 0 Å². The third-order valence-electron chi connectivity index (χ3n) is 1.97. The molecule has 0 radical (unpaired) electrons. The molecule has 1 heterocycles. The van der Waals surface area contributed by atoms with Crippen molar-refractivity contribution < 1.29 is 9.18 Å². The topological polar surface area (TPSA) is 60.9 Å². The Bertz CT molecular complexity index is 507. The number of benzene rings is 1.